The van der Waals surface area contributed by atoms with Crippen LogP contribution in [0.5, 0.6) is 0 Å². The number of rotatable bonds is 4. The molecule has 1 aliphatic rings. The number of fused-ring (bicyclic) bond motifs is 2. The minimum Gasteiger partial charge on any atom is -0.469 e. The van der Waals surface area contributed by atoms with E-state index in [1.165, 1.54) is 36.9 Å². The number of aryl methyl sites for hydroxylation is 1. The lowest BCUT2D eigenvalue weighted by molar-refractivity contribution is -0.142. The van der Waals surface area contributed by atoms with Crippen molar-refractivity contribution in [2.75, 3.05) is 19.5 Å². The molecule has 0 radical (unpaired) electrons. The van der Waals surface area contributed by atoms with Gasteiger partial charge in [-0.1, -0.05) is 29.8 Å². The zero-order valence-electron chi connectivity index (χ0n) is 15.5. The van der Waals surface area contributed by atoms with Gasteiger partial charge < -0.3 is 14.8 Å². The Hall–Kier alpha value is -2.42. The molecule has 0 spiro atoms. The van der Waals surface area contributed by atoms with E-state index < -0.39 is 23.8 Å². The number of anilines is 1. The third-order valence-electron chi connectivity index (χ3n) is 4.87. The van der Waals surface area contributed by atoms with Gasteiger partial charge in [-0.05, 0) is 24.5 Å². The summed E-state index contributed by atoms with van der Waals surface area (Å²) in [5.74, 6) is -1.96. The third kappa shape index (κ3) is 3.31. The second kappa shape index (κ2) is 7.78. The molecular formula is C20H16ClNO5S2. The van der Waals surface area contributed by atoms with Crippen molar-refractivity contribution >= 4 is 67.2 Å². The molecule has 1 atom stereocenters. The Morgan fingerprint density at radius 3 is 2.59 bits per heavy atom. The largest absolute Gasteiger partial charge is 0.469 e. The molecule has 0 saturated carbocycles. The van der Waals surface area contributed by atoms with E-state index in [1.807, 2.05) is 24.3 Å². The number of carbonyl (C=O) groups excluding carboxylic acids is 3. The van der Waals surface area contributed by atoms with Crippen LogP contribution in [-0.2, 0) is 20.7 Å². The summed E-state index contributed by atoms with van der Waals surface area (Å²) in [6.45, 7) is 0. The summed E-state index contributed by atoms with van der Waals surface area (Å²) >= 11 is 8.97. The SMILES string of the molecule is COC(=O)c1c(NC(=O)c2sc3ccccc3c2Cl)sc2c1C(C(=O)OC)CC2. The van der Waals surface area contributed by atoms with E-state index in [4.69, 9.17) is 21.1 Å². The van der Waals surface area contributed by atoms with Gasteiger partial charge in [0.2, 0.25) is 0 Å². The summed E-state index contributed by atoms with van der Waals surface area (Å²) in [5.41, 5.74) is 0.803. The second-order valence-electron chi connectivity index (χ2n) is 6.44. The molecule has 150 valence electrons. The van der Waals surface area contributed by atoms with Crippen LogP contribution in [-0.4, -0.2) is 32.1 Å². The number of hydrogen-bond acceptors (Lipinski definition) is 7. The monoisotopic (exact) mass is 449 g/mol. The molecule has 1 unspecified atom stereocenters. The Bertz CT molecular complexity index is 1150. The smallest absolute Gasteiger partial charge is 0.341 e. The highest BCUT2D eigenvalue weighted by Gasteiger charge is 2.38. The molecule has 4 rings (SSSR count). The van der Waals surface area contributed by atoms with Gasteiger partial charge in [-0.25, -0.2) is 4.79 Å². The van der Waals surface area contributed by atoms with Crippen LogP contribution >= 0.6 is 34.3 Å². The molecule has 1 aromatic carbocycles. The Morgan fingerprint density at radius 1 is 1.14 bits per heavy atom. The zero-order chi connectivity index (χ0) is 20.7. The van der Waals surface area contributed by atoms with Crippen LogP contribution in [0.15, 0.2) is 24.3 Å². The molecule has 1 N–H and O–H groups in total. The maximum Gasteiger partial charge on any atom is 0.341 e. The van der Waals surface area contributed by atoms with Crippen LogP contribution in [0.1, 0.15) is 42.8 Å². The summed E-state index contributed by atoms with van der Waals surface area (Å²) in [5, 5.41) is 4.34. The molecule has 0 saturated heterocycles. The molecule has 1 amide bonds. The number of esters is 2. The number of halogens is 1. The van der Waals surface area contributed by atoms with Gasteiger partial charge in [-0.2, -0.15) is 0 Å². The molecule has 2 heterocycles. The number of carbonyl (C=O) groups is 3. The van der Waals surface area contributed by atoms with Gasteiger partial charge in [0.25, 0.3) is 5.91 Å². The fraction of sp³-hybridized carbons (Fsp3) is 0.250. The van der Waals surface area contributed by atoms with Crippen molar-refractivity contribution in [3.63, 3.8) is 0 Å². The standard InChI is InChI=1S/C20H16ClNO5S2/c1-26-19(24)10-7-8-12-13(10)14(20(25)27-2)18(29-12)22-17(23)16-15(21)9-5-3-4-6-11(9)28-16/h3-6,10H,7-8H2,1-2H3,(H,22,23). The number of methoxy groups -OCH3 is 2. The maximum absolute atomic E-state index is 12.9. The summed E-state index contributed by atoms with van der Waals surface area (Å²) < 4.78 is 10.7. The molecule has 3 aromatic rings. The van der Waals surface area contributed by atoms with Crippen molar-refractivity contribution in [1.29, 1.82) is 0 Å². The van der Waals surface area contributed by atoms with E-state index in [2.05, 4.69) is 5.32 Å². The maximum atomic E-state index is 12.9. The first kappa shape index (κ1) is 19.9. The highest BCUT2D eigenvalue weighted by Crippen LogP contribution is 2.46. The fourth-order valence-corrected chi connectivity index (χ4v) is 6.23. The lowest BCUT2D eigenvalue weighted by Gasteiger charge is -2.11. The van der Waals surface area contributed by atoms with E-state index in [1.54, 1.807) is 0 Å². The summed E-state index contributed by atoms with van der Waals surface area (Å²) in [6, 6.07) is 7.48. The molecule has 9 heteroatoms. The second-order valence-corrected chi connectivity index (χ2v) is 8.98. The molecule has 6 nitrogen and oxygen atoms in total. The first-order valence-corrected chi connectivity index (χ1v) is 10.8. The van der Waals surface area contributed by atoms with Crippen molar-refractivity contribution in [2.45, 2.75) is 18.8 Å². The van der Waals surface area contributed by atoms with Crippen LogP contribution in [0.2, 0.25) is 5.02 Å². The van der Waals surface area contributed by atoms with Gasteiger partial charge in [-0.15, -0.1) is 22.7 Å². The summed E-state index contributed by atoms with van der Waals surface area (Å²) in [6.07, 6.45) is 1.19. The normalized spacial score (nSPS) is 15.2. The van der Waals surface area contributed by atoms with Crippen LogP contribution in [0.3, 0.4) is 0 Å². The average molecular weight is 450 g/mol. The number of ether oxygens (including phenoxy) is 2. The number of benzene rings is 1. The Kier molecular flexibility index (Phi) is 5.33. The molecule has 29 heavy (non-hydrogen) atoms. The Morgan fingerprint density at radius 2 is 1.90 bits per heavy atom. The summed E-state index contributed by atoms with van der Waals surface area (Å²) in [7, 11) is 2.58. The highest BCUT2D eigenvalue weighted by atomic mass is 35.5. The first-order chi connectivity index (χ1) is 14.0. The van der Waals surface area contributed by atoms with E-state index in [0.29, 0.717) is 33.3 Å². The molecule has 1 aliphatic carbocycles. The molecule has 2 aromatic heterocycles. The molecule has 0 bridgehead atoms. The van der Waals surface area contributed by atoms with Crippen LogP contribution < -0.4 is 5.32 Å². The van der Waals surface area contributed by atoms with Gasteiger partial charge >= 0.3 is 11.9 Å². The number of amides is 1. The fourth-order valence-electron chi connectivity index (χ4n) is 3.56. The highest BCUT2D eigenvalue weighted by molar-refractivity contribution is 7.22. The van der Waals surface area contributed by atoms with E-state index in [9.17, 15) is 14.4 Å². The lowest BCUT2D eigenvalue weighted by atomic mass is 9.99. The van der Waals surface area contributed by atoms with Crippen molar-refractivity contribution in [3.05, 3.63) is 50.2 Å². The average Bonchev–Trinajstić information content (AvgIpc) is 3.39. The minimum atomic E-state index is -0.601. The predicted molar refractivity (Wildman–Crippen MR) is 114 cm³/mol. The van der Waals surface area contributed by atoms with Crippen molar-refractivity contribution in [2.24, 2.45) is 0 Å². The molecule has 0 aliphatic heterocycles. The van der Waals surface area contributed by atoms with E-state index in [-0.39, 0.29) is 5.56 Å². The molecular weight excluding hydrogens is 434 g/mol. The van der Waals surface area contributed by atoms with E-state index in [0.717, 1.165) is 15.0 Å². The Balaban J connectivity index is 1.74. The van der Waals surface area contributed by atoms with Crippen LogP contribution in [0.25, 0.3) is 10.1 Å². The predicted octanol–water partition coefficient (Wildman–Crippen LogP) is 4.86. The third-order valence-corrected chi connectivity index (χ3v) is 7.73. The van der Waals surface area contributed by atoms with Gasteiger partial charge in [0.05, 0.1) is 30.7 Å². The van der Waals surface area contributed by atoms with Crippen LogP contribution in [0.4, 0.5) is 5.00 Å². The van der Waals surface area contributed by atoms with Crippen molar-refractivity contribution < 1.29 is 23.9 Å². The topological polar surface area (TPSA) is 81.7 Å². The van der Waals surface area contributed by atoms with Gasteiger partial charge in [0, 0.05) is 15.0 Å². The van der Waals surface area contributed by atoms with Gasteiger partial charge in [0.1, 0.15) is 9.88 Å². The van der Waals surface area contributed by atoms with E-state index >= 15 is 0 Å². The first-order valence-electron chi connectivity index (χ1n) is 8.76. The number of thiophene rings is 2. The summed E-state index contributed by atoms with van der Waals surface area (Å²) in [4.78, 5) is 38.8. The van der Waals surface area contributed by atoms with Gasteiger partial charge in [0.15, 0.2) is 0 Å². The van der Waals surface area contributed by atoms with Crippen molar-refractivity contribution in [1.82, 2.24) is 0 Å². The number of hydrogen-bond donors (Lipinski definition) is 1. The van der Waals surface area contributed by atoms with Gasteiger partial charge in [-0.3, -0.25) is 9.59 Å². The number of nitrogens with one attached hydrogen (secondary N) is 1. The zero-order valence-corrected chi connectivity index (χ0v) is 17.9. The molecule has 0 fully saturated rings. The van der Waals surface area contributed by atoms with Crippen LogP contribution in [0, 0.1) is 0 Å². The quantitative estimate of drug-likeness (QED) is 0.575. The minimum absolute atomic E-state index is 0.214. The van der Waals surface area contributed by atoms with Crippen molar-refractivity contribution in [3.8, 4) is 0 Å². The lowest BCUT2D eigenvalue weighted by Crippen LogP contribution is -2.17. The Labute approximate surface area is 179 Å².